The minimum absolute atomic E-state index is 0.114. The predicted molar refractivity (Wildman–Crippen MR) is 65.4 cm³/mol. The lowest BCUT2D eigenvalue weighted by atomic mass is 9.93. The molecule has 1 aliphatic rings. The van der Waals surface area contributed by atoms with E-state index in [1.165, 1.54) is 6.20 Å². The van der Waals surface area contributed by atoms with Gasteiger partial charge in [0.15, 0.2) is 0 Å². The topological polar surface area (TPSA) is 70.5 Å². The van der Waals surface area contributed by atoms with Crippen molar-refractivity contribution in [2.24, 2.45) is 0 Å². The van der Waals surface area contributed by atoms with Crippen LogP contribution in [0.25, 0.3) is 0 Å². The molecular weight excluding hydrogens is 232 g/mol. The molecule has 1 N–H and O–H groups in total. The maximum absolute atomic E-state index is 11.2. The Kier molecular flexibility index (Phi) is 3.60. The highest BCUT2D eigenvalue weighted by molar-refractivity contribution is 5.87. The van der Waals surface area contributed by atoms with E-state index in [1.54, 1.807) is 19.1 Å². The molecule has 0 saturated carbocycles. The Morgan fingerprint density at radius 3 is 2.44 bits per heavy atom. The number of hydrogen-bond donors (Lipinski definition) is 1. The van der Waals surface area contributed by atoms with Crippen molar-refractivity contribution in [2.45, 2.75) is 25.7 Å². The van der Waals surface area contributed by atoms with Crippen molar-refractivity contribution >= 4 is 11.9 Å². The van der Waals surface area contributed by atoms with Crippen LogP contribution in [-0.4, -0.2) is 40.0 Å². The fraction of sp³-hybridized carbons (Fsp3) is 0.462. The van der Waals surface area contributed by atoms with E-state index in [9.17, 15) is 9.59 Å². The van der Waals surface area contributed by atoms with Gasteiger partial charge < -0.3 is 10.0 Å². The summed E-state index contributed by atoms with van der Waals surface area (Å²) in [6, 6.07) is 3.36. The highest BCUT2D eigenvalue weighted by Crippen LogP contribution is 2.26. The number of hydrogen-bond acceptors (Lipinski definition) is 3. The first-order valence-corrected chi connectivity index (χ1v) is 6.02. The number of aromatic carboxylic acids is 1. The summed E-state index contributed by atoms with van der Waals surface area (Å²) in [5, 5.41) is 8.80. The molecule has 5 heteroatoms. The number of piperidine rings is 1. The van der Waals surface area contributed by atoms with Crippen molar-refractivity contribution in [3.05, 3.63) is 29.6 Å². The lowest BCUT2D eigenvalue weighted by molar-refractivity contribution is -0.129. The van der Waals surface area contributed by atoms with Crippen molar-refractivity contribution in [3.63, 3.8) is 0 Å². The molecule has 2 rings (SSSR count). The molecule has 0 bridgehead atoms. The zero-order valence-corrected chi connectivity index (χ0v) is 10.3. The summed E-state index contributed by atoms with van der Waals surface area (Å²) in [5.41, 5.74) is 1.13. The number of amides is 1. The molecule has 5 nitrogen and oxygen atoms in total. The number of aromatic nitrogens is 1. The molecule has 1 fully saturated rings. The molecule has 0 radical (unpaired) electrons. The third kappa shape index (κ3) is 2.67. The van der Waals surface area contributed by atoms with Gasteiger partial charge in [0.1, 0.15) is 0 Å². The van der Waals surface area contributed by atoms with Gasteiger partial charge in [-0.3, -0.25) is 9.78 Å². The van der Waals surface area contributed by atoms with Gasteiger partial charge >= 0.3 is 5.97 Å². The zero-order valence-electron chi connectivity index (χ0n) is 10.3. The van der Waals surface area contributed by atoms with Gasteiger partial charge in [-0.15, -0.1) is 0 Å². The van der Waals surface area contributed by atoms with Gasteiger partial charge in [-0.05, 0) is 25.0 Å². The normalized spacial score (nSPS) is 16.6. The smallest absolute Gasteiger partial charge is 0.337 e. The Hall–Kier alpha value is -1.91. The van der Waals surface area contributed by atoms with Crippen molar-refractivity contribution in [1.82, 2.24) is 9.88 Å². The largest absolute Gasteiger partial charge is 0.478 e. The van der Waals surface area contributed by atoms with Crippen LogP contribution in [0.1, 0.15) is 41.7 Å². The van der Waals surface area contributed by atoms with Crippen molar-refractivity contribution in [3.8, 4) is 0 Å². The summed E-state index contributed by atoms with van der Waals surface area (Å²) in [6.45, 7) is 3.09. The monoisotopic (exact) mass is 248 g/mol. The van der Waals surface area contributed by atoms with E-state index in [-0.39, 0.29) is 11.5 Å². The number of likely N-dealkylation sites (tertiary alicyclic amines) is 1. The summed E-state index contributed by atoms with van der Waals surface area (Å²) in [5.74, 6) is -0.522. The average Bonchev–Trinajstić information content (AvgIpc) is 2.39. The maximum Gasteiger partial charge on any atom is 0.337 e. The standard InChI is InChI=1S/C13H16N2O3/c1-9(16)15-6-4-10(5-7-15)12-3-2-11(8-14-12)13(17)18/h2-3,8,10H,4-7H2,1H3,(H,17,18). The maximum atomic E-state index is 11.2. The number of carbonyl (C=O) groups excluding carboxylic acids is 1. The number of nitrogens with zero attached hydrogens (tertiary/aromatic N) is 2. The Bertz CT molecular complexity index is 448. The van der Waals surface area contributed by atoms with E-state index in [0.29, 0.717) is 5.92 Å². The molecule has 0 atom stereocenters. The van der Waals surface area contributed by atoms with Crippen molar-refractivity contribution < 1.29 is 14.7 Å². The van der Waals surface area contributed by atoms with E-state index in [4.69, 9.17) is 5.11 Å². The molecule has 1 aromatic rings. The van der Waals surface area contributed by atoms with E-state index < -0.39 is 5.97 Å². The van der Waals surface area contributed by atoms with E-state index in [2.05, 4.69) is 4.98 Å². The summed E-state index contributed by atoms with van der Waals surface area (Å²) in [6.07, 6.45) is 3.17. The Morgan fingerprint density at radius 1 is 1.33 bits per heavy atom. The molecule has 1 aliphatic heterocycles. The van der Waals surface area contributed by atoms with Crippen molar-refractivity contribution in [2.75, 3.05) is 13.1 Å². The first-order valence-electron chi connectivity index (χ1n) is 6.02. The second kappa shape index (κ2) is 5.16. The van der Waals surface area contributed by atoms with Gasteiger partial charge in [0.25, 0.3) is 0 Å². The Labute approximate surface area is 105 Å². The fourth-order valence-electron chi connectivity index (χ4n) is 2.26. The predicted octanol–water partition coefficient (Wildman–Crippen LogP) is 1.51. The van der Waals surface area contributed by atoms with Crippen LogP contribution >= 0.6 is 0 Å². The summed E-state index contributed by atoms with van der Waals surface area (Å²) < 4.78 is 0. The lowest BCUT2D eigenvalue weighted by Gasteiger charge is -2.30. The van der Waals surface area contributed by atoms with Crippen LogP contribution in [0, 0.1) is 0 Å². The molecule has 0 unspecified atom stereocenters. The van der Waals surface area contributed by atoms with E-state index >= 15 is 0 Å². The van der Waals surface area contributed by atoms with Crippen LogP contribution in [0.4, 0.5) is 0 Å². The van der Waals surface area contributed by atoms with Crippen LogP contribution < -0.4 is 0 Å². The molecule has 0 spiro atoms. The minimum atomic E-state index is -0.958. The zero-order chi connectivity index (χ0) is 13.1. The van der Waals surface area contributed by atoms with Crippen LogP contribution in [-0.2, 0) is 4.79 Å². The van der Waals surface area contributed by atoms with Gasteiger partial charge in [0.2, 0.25) is 5.91 Å². The van der Waals surface area contributed by atoms with Gasteiger partial charge in [-0.2, -0.15) is 0 Å². The van der Waals surface area contributed by atoms with Crippen LogP contribution in [0.3, 0.4) is 0 Å². The third-order valence-electron chi connectivity index (χ3n) is 3.39. The number of rotatable bonds is 2. The lowest BCUT2D eigenvalue weighted by Crippen LogP contribution is -2.36. The first kappa shape index (κ1) is 12.5. The highest BCUT2D eigenvalue weighted by Gasteiger charge is 2.22. The second-order valence-electron chi connectivity index (χ2n) is 4.56. The molecule has 1 saturated heterocycles. The van der Waals surface area contributed by atoms with E-state index in [1.807, 2.05) is 4.90 Å². The number of carbonyl (C=O) groups is 2. The van der Waals surface area contributed by atoms with E-state index in [0.717, 1.165) is 31.6 Å². The molecule has 0 aromatic carbocycles. The SMILES string of the molecule is CC(=O)N1CCC(c2ccc(C(=O)O)cn2)CC1. The molecule has 1 amide bonds. The fourth-order valence-corrected chi connectivity index (χ4v) is 2.26. The highest BCUT2D eigenvalue weighted by atomic mass is 16.4. The number of pyridine rings is 1. The quantitative estimate of drug-likeness (QED) is 0.861. The Balaban J connectivity index is 2.01. The summed E-state index contributed by atoms with van der Waals surface area (Å²) >= 11 is 0. The summed E-state index contributed by atoms with van der Waals surface area (Å²) in [4.78, 5) is 28.0. The average molecular weight is 248 g/mol. The molecule has 18 heavy (non-hydrogen) atoms. The Morgan fingerprint density at radius 2 is 2.00 bits per heavy atom. The number of carboxylic acid groups (broad SMARTS) is 1. The summed E-state index contributed by atoms with van der Waals surface area (Å²) in [7, 11) is 0. The second-order valence-corrected chi connectivity index (χ2v) is 4.56. The van der Waals surface area contributed by atoms with Gasteiger partial charge in [-0.1, -0.05) is 0 Å². The first-order chi connectivity index (χ1) is 8.58. The molecule has 0 aliphatic carbocycles. The van der Waals surface area contributed by atoms with Crippen molar-refractivity contribution in [1.29, 1.82) is 0 Å². The van der Waals surface area contributed by atoms with Crippen LogP contribution in [0.2, 0.25) is 0 Å². The van der Waals surface area contributed by atoms with Crippen LogP contribution in [0.15, 0.2) is 18.3 Å². The third-order valence-corrected chi connectivity index (χ3v) is 3.39. The van der Waals surface area contributed by atoms with Gasteiger partial charge in [0, 0.05) is 37.8 Å². The minimum Gasteiger partial charge on any atom is -0.478 e. The molecule has 1 aromatic heterocycles. The molecule has 96 valence electrons. The molecular formula is C13H16N2O3. The number of carboxylic acids is 1. The molecule has 2 heterocycles. The van der Waals surface area contributed by atoms with Gasteiger partial charge in [0.05, 0.1) is 5.56 Å². The van der Waals surface area contributed by atoms with Gasteiger partial charge in [-0.25, -0.2) is 4.79 Å². The van der Waals surface area contributed by atoms with Crippen LogP contribution in [0.5, 0.6) is 0 Å².